The third-order valence-electron chi connectivity index (χ3n) is 6.67. The number of aryl methyl sites for hydroxylation is 2. The van der Waals surface area contributed by atoms with Crippen LogP contribution >= 0.6 is 0 Å². The number of carbonyl (C=O) groups is 1. The monoisotopic (exact) mass is 315 g/mol. The first-order chi connectivity index (χ1) is 11.2. The summed E-state index contributed by atoms with van der Waals surface area (Å²) >= 11 is 0. The van der Waals surface area contributed by atoms with Gasteiger partial charge in [-0.05, 0) is 68.8 Å². The molecule has 4 heteroatoms. The largest absolute Gasteiger partial charge is 0.340 e. The summed E-state index contributed by atoms with van der Waals surface area (Å²) in [5.41, 5.74) is 1.15. The van der Waals surface area contributed by atoms with Crippen molar-refractivity contribution < 1.29 is 4.79 Å². The lowest BCUT2D eigenvalue weighted by Crippen LogP contribution is -2.37. The number of fused-ring (bicyclic) bond motifs is 2. The summed E-state index contributed by atoms with van der Waals surface area (Å²) in [6.07, 6.45) is 12.8. The van der Waals surface area contributed by atoms with Gasteiger partial charge in [0.2, 0.25) is 5.91 Å². The number of likely N-dealkylation sites (tertiary alicyclic amines) is 1. The summed E-state index contributed by atoms with van der Waals surface area (Å²) in [4.78, 5) is 14.9. The third kappa shape index (κ3) is 3.05. The molecule has 1 aromatic heterocycles. The molecule has 2 aliphatic carbocycles. The van der Waals surface area contributed by atoms with Crippen LogP contribution in [0.4, 0.5) is 0 Å². The Hall–Kier alpha value is -1.32. The second-order valence-corrected chi connectivity index (χ2v) is 8.00. The minimum absolute atomic E-state index is 0.358. The highest BCUT2D eigenvalue weighted by molar-refractivity contribution is 5.77. The van der Waals surface area contributed by atoms with Crippen molar-refractivity contribution in [2.75, 3.05) is 6.54 Å². The zero-order chi connectivity index (χ0) is 15.8. The maximum Gasteiger partial charge on any atom is 0.223 e. The molecule has 1 saturated heterocycles. The fourth-order valence-corrected chi connectivity index (χ4v) is 5.45. The summed E-state index contributed by atoms with van der Waals surface area (Å²) in [6.45, 7) is 0.982. The lowest BCUT2D eigenvalue weighted by Gasteiger charge is -2.30. The van der Waals surface area contributed by atoms with Gasteiger partial charge in [0.25, 0.3) is 0 Å². The number of nitrogens with zero attached hydrogens (tertiary/aromatic N) is 3. The van der Waals surface area contributed by atoms with Crippen LogP contribution in [0.25, 0.3) is 0 Å². The molecule has 2 saturated carbocycles. The first-order valence-electron chi connectivity index (χ1n) is 9.47. The molecule has 4 rings (SSSR count). The first kappa shape index (κ1) is 15.2. The van der Waals surface area contributed by atoms with Crippen molar-refractivity contribution in [2.45, 2.75) is 63.8 Å². The number of carbonyl (C=O) groups excluding carboxylic acids is 1. The molecular formula is C19H29N3O. The van der Waals surface area contributed by atoms with Crippen molar-refractivity contribution in [3.05, 3.63) is 18.0 Å². The van der Waals surface area contributed by atoms with Gasteiger partial charge in [0.1, 0.15) is 0 Å². The standard InChI is InChI=1S/C19H29N3O/c1-21-17(8-9-20-21)6-7-19(23)22-10-2-3-18(22)13-16-12-14-4-5-15(16)11-14/h8-9,14-16,18H,2-7,10-13H2,1H3/t14-,15-,16-,18+/m0/s1. The fraction of sp³-hybridized carbons (Fsp3) is 0.789. The summed E-state index contributed by atoms with van der Waals surface area (Å²) < 4.78 is 1.88. The predicted molar refractivity (Wildman–Crippen MR) is 89.8 cm³/mol. The van der Waals surface area contributed by atoms with E-state index in [1.54, 1.807) is 0 Å². The average Bonchev–Trinajstić information content (AvgIpc) is 3.29. The molecule has 4 nitrogen and oxygen atoms in total. The Balaban J connectivity index is 1.32. The van der Waals surface area contributed by atoms with Gasteiger partial charge in [0.05, 0.1) is 0 Å². The van der Waals surface area contributed by atoms with Crippen molar-refractivity contribution in [3.63, 3.8) is 0 Å². The van der Waals surface area contributed by atoms with Crippen LogP contribution in [0.3, 0.4) is 0 Å². The third-order valence-corrected chi connectivity index (χ3v) is 6.67. The number of rotatable bonds is 5. The van der Waals surface area contributed by atoms with E-state index >= 15 is 0 Å². The maximum absolute atomic E-state index is 12.7. The minimum Gasteiger partial charge on any atom is -0.340 e. The topological polar surface area (TPSA) is 38.1 Å². The van der Waals surface area contributed by atoms with Crippen molar-refractivity contribution in [2.24, 2.45) is 24.8 Å². The molecular weight excluding hydrogens is 286 g/mol. The van der Waals surface area contributed by atoms with Gasteiger partial charge in [-0.1, -0.05) is 6.42 Å². The van der Waals surface area contributed by atoms with Crippen LogP contribution in [0.1, 0.15) is 57.1 Å². The smallest absolute Gasteiger partial charge is 0.223 e. The predicted octanol–water partition coefficient (Wildman–Crippen LogP) is 3.17. The van der Waals surface area contributed by atoms with Crippen LogP contribution in [0.2, 0.25) is 0 Å². The molecule has 126 valence electrons. The quantitative estimate of drug-likeness (QED) is 0.837. The molecule has 23 heavy (non-hydrogen) atoms. The van der Waals surface area contributed by atoms with E-state index in [9.17, 15) is 4.79 Å². The lowest BCUT2D eigenvalue weighted by atomic mass is 9.83. The van der Waals surface area contributed by atoms with Gasteiger partial charge >= 0.3 is 0 Å². The second-order valence-electron chi connectivity index (χ2n) is 8.00. The van der Waals surface area contributed by atoms with Gasteiger partial charge in [0.15, 0.2) is 0 Å². The Labute approximate surface area is 139 Å². The number of hydrogen-bond donors (Lipinski definition) is 0. The SMILES string of the molecule is Cn1nccc1CCC(=O)N1CCC[C@@H]1C[C@@H]1C[C@H]2CC[C@H]1C2. The Bertz CT molecular complexity index is 567. The van der Waals surface area contributed by atoms with E-state index in [-0.39, 0.29) is 0 Å². The molecule has 0 N–H and O–H groups in total. The zero-order valence-electron chi connectivity index (χ0n) is 14.3. The van der Waals surface area contributed by atoms with Crippen LogP contribution in [-0.4, -0.2) is 33.2 Å². The van der Waals surface area contributed by atoms with E-state index in [0.29, 0.717) is 18.4 Å². The van der Waals surface area contributed by atoms with Gasteiger partial charge in [-0.3, -0.25) is 9.48 Å². The lowest BCUT2D eigenvalue weighted by molar-refractivity contribution is -0.132. The maximum atomic E-state index is 12.7. The van der Waals surface area contributed by atoms with Crippen molar-refractivity contribution in [3.8, 4) is 0 Å². The van der Waals surface area contributed by atoms with Crippen LogP contribution in [0, 0.1) is 17.8 Å². The Morgan fingerprint density at radius 1 is 1.30 bits per heavy atom. The molecule has 0 aromatic carbocycles. The number of hydrogen-bond acceptors (Lipinski definition) is 2. The second kappa shape index (κ2) is 6.29. The summed E-state index contributed by atoms with van der Waals surface area (Å²) in [6, 6.07) is 2.54. The number of aromatic nitrogens is 2. The van der Waals surface area contributed by atoms with Crippen LogP contribution in [-0.2, 0) is 18.3 Å². The Morgan fingerprint density at radius 2 is 2.22 bits per heavy atom. The van der Waals surface area contributed by atoms with Crippen molar-refractivity contribution in [1.82, 2.24) is 14.7 Å². The van der Waals surface area contributed by atoms with E-state index < -0.39 is 0 Å². The van der Waals surface area contributed by atoms with Crippen molar-refractivity contribution >= 4 is 5.91 Å². The zero-order valence-corrected chi connectivity index (χ0v) is 14.3. The molecule has 0 spiro atoms. The molecule has 1 aromatic rings. The fourth-order valence-electron chi connectivity index (χ4n) is 5.45. The average molecular weight is 315 g/mol. The summed E-state index contributed by atoms with van der Waals surface area (Å²) in [5.74, 6) is 3.26. The molecule has 1 amide bonds. The van der Waals surface area contributed by atoms with E-state index in [0.717, 1.165) is 36.4 Å². The summed E-state index contributed by atoms with van der Waals surface area (Å²) in [7, 11) is 1.95. The normalized spacial score (nSPS) is 32.8. The van der Waals surface area contributed by atoms with Crippen LogP contribution in [0.5, 0.6) is 0 Å². The first-order valence-corrected chi connectivity index (χ1v) is 9.47. The van der Waals surface area contributed by atoms with Gasteiger partial charge < -0.3 is 4.90 Å². The van der Waals surface area contributed by atoms with E-state index in [1.807, 2.05) is 24.0 Å². The summed E-state index contributed by atoms with van der Waals surface area (Å²) in [5, 5.41) is 4.19. The van der Waals surface area contributed by atoms with Crippen LogP contribution < -0.4 is 0 Å². The molecule has 2 bridgehead atoms. The van der Waals surface area contributed by atoms with Crippen LogP contribution in [0.15, 0.2) is 12.3 Å². The van der Waals surface area contributed by atoms with E-state index in [1.165, 1.54) is 44.9 Å². The molecule has 2 heterocycles. The van der Waals surface area contributed by atoms with Gasteiger partial charge in [-0.2, -0.15) is 5.10 Å². The van der Waals surface area contributed by atoms with Gasteiger partial charge in [-0.15, -0.1) is 0 Å². The van der Waals surface area contributed by atoms with E-state index in [4.69, 9.17) is 0 Å². The highest BCUT2D eigenvalue weighted by atomic mass is 16.2. The minimum atomic E-state index is 0.358. The highest BCUT2D eigenvalue weighted by Gasteiger charge is 2.41. The molecule has 3 fully saturated rings. The Kier molecular flexibility index (Phi) is 4.16. The Morgan fingerprint density at radius 3 is 2.91 bits per heavy atom. The van der Waals surface area contributed by atoms with Gasteiger partial charge in [0, 0.05) is 37.9 Å². The van der Waals surface area contributed by atoms with E-state index in [2.05, 4.69) is 10.00 Å². The molecule has 0 radical (unpaired) electrons. The molecule has 4 atom stereocenters. The molecule has 0 unspecified atom stereocenters. The van der Waals surface area contributed by atoms with Crippen molar-refractivity contribution in [1.29, 1.82) is 0 Å². The highest BCUT2D eigenvalue weighted by Crippen LogP contribution is 2.50. The number of amides is 1. The molecule has 1 aliphatic heterocycles. The van der Waals surface area contributed by atoms with Gasteiger partial charge in [-0.25, -0.2) is 0 Å². The molecule has 3 aliphatic rings.